The van der Waals surface area contributed by atoms with E-state index in [0.29, 0.717) is 0 Å². The van der Waals surface area contributed by atoms with E-state index in [2.05, 4.69) is 23.4 Å². The first-order chi connectivity index (χ1) is 7.77. The van der Waals surface area contributed by atoms with Crippen molar-refractivity contribution in [2.75, 3.05) is 13.1 Å². The Kier molecular flexibility index (Phi) is 4.22. The number of rotatable bonds is 3. The van der Waals surface area contributed by atoms with Gasteiger partial charge in [-0.3, -0.25) is 0 Å². The maximum atomic E-state index is 6.18. The van der Waals surface area contributed by atoms with Crippen LogP contribution >= 0.6 is 11.6 Å². The number of hydrogen-bond donors (Lipinski definition) is 1. The molecule has 0 bridgehead atoms. The van der Waals surface area contributed by atoms with Crippen molar-refractivity contribution >= 4 is 11.6 Å². The number of hydrazine groups is 1. The second-order valence-corrected chi connectivity index (χ2v) is 4.83. The van der Waals surface area contributed by atoms with Crippen molar-refractivity contribution in [2.45, 2.75) is 32.2 Å². The number of nitrogens with zero attached hydrogens (tertiary/aromatic N) is 1. The number of benzene rings is 1. The van der Waals surface area contributed by atoms with Crippen molar-refractivity contribution in [3.63, 3.8) is 0 Å². The van der Waals surface area contributed by atoms with Gasteiger partial charge in [-0.05, 0) is 31.4 Å². The Morgan fingerprint density at radius 1 is 1.19 bits per heavy atom. The molecule has 1 aliphatic heterocycles. The highest BCUT2D eigenvalue weighted by Gasteiger charge is 2.14. The van der Waals surface area contributed by atoms with Gasteiger partial charge in [0.15, 0.2) is 0 Å². The summed E-state index contributed by atoms with van der Waals surface area (Å²) in [5.74, 6) is 0. The molecule has 2 nitrogen and oxygen atoms in total. The number of nitrogens with one attached hydrogen (secondary N) is 1. The van der Waals surface area contributed by atoms with Crippen LogP contribution in [0.4, 0.5) is 0 Å². The summed E-state index contributed by atoms with van der Waals surface area (Å²) >= 11 is 6.18. The molecule has 1 saturated heterocycles. The smallest absolute Gasteiger partial charge is 0.0454 e. The van der Waals surface area contributed by atoms with Crippen LogP contribution < -0.4 is 5.43 Å². The first-order valence-electron chi connectivity index (χ1n) is 6.03. The third-order valence-corrected chi connectivity index (χ3v) is 3.45. The van der Waals surface area contributed by atoms with Gasteiger partial charge in [0.2, 0.25) is 0 Å². The standard InChI is InChI=1S/C13H19ClN2/c1-11(12-7-3-4-8-13(12)14)15-16-9-5-2-6-10-16/h3-4,7-8,11,15H,2,5-6,9-10H2,1H3. The zero-order valence-corrected chi connectivity index (χ0v) is 10.5. The van der Waals surface area contributed by atoms with E-state index in [9.17, 15) is 0 Å². The summed E-state index contributed by atoms with van der Waals surface area (Å²) in [4.78, 5) is 0. The molecule has 0 spiro atoms. The summed E-state index contributed by atoms with van der Waals surface area (Å²) in [6, 6.07) is 8.33. The van der Waals surface area contributed by atoms with Gasteiger partial charge in [-0.1, -0.05) is 36.2 Å². The lowest BCUT2D eigenvalue weighted by molar-refractivity contribution is 0.133. The predicted octanol–water partition coefficient (Wildman–Crippen LogP) is 3.39. The van der Waals surface area contributed by atoms with Crippen LogP contribution in [-0.4, -0.2) is 18.1 Å². The summed E-state index contributed by atoms with van der Waals surface area (Å²) in [5, 5.41) is 3.16. The van der Waals surface area contributed by atoms with Gasteiger partial charge in [0.1, 0.15) is 0 Å². The molecule has 0 aliphatic carbocycles. The Labute approximate surface area is 103 Å². The van der Waals surface area contributed by atoms with E-state index in [-0.39, 0.29) is 6.04 Å². The van der Waals surface area contributed by atoms with Crippen molar-refractivity contribution in [2.24, 2.45) is 0 Å². The van der Waals surface area contributed by atoms with E-state index < -0.39 is 0 Å². The van der Waals surface area contributed by atoms with Crippen LogP contribution in [0, 0.1) is 0 Å². The van der Waals surface area contributed by atoms with E-state index in [1.165, 1.54) is 24.8 Å². The van der Waals surface area contributed by atoms with Crippen molar-refractivity contribution in [3.05, 3.63) is 34.9 Å². The Morgan fingerprint density at radius 3 is 2.56 bits per heavy atom. The van der Waals surface area contributed by atoms with Crippen molar-refractivity contribution in [1.82, 2.24) is 10.4 Å². The van der Waals surface area contributed by atoms with Crippen molar-refractivity contribution in [3.8, 4) is 0 Å². The molecule has 1 aromatic carbocycles. The topological polar surface area (TPSA) is 15.3 Å². The molecule has 1 atom stereocenters. The van der Waals surface area contributed by atoms with Gasteiger partial charge < -0.3 is 0 Å². The largest absolute Gasteiger partial charge is 0.248 e. The van der Waals surface area contributed by atoms with Gasteiger partial charge in [0.25, 0.3) is 0 Å². The second kappa shape index (κ2) is 5.67. The molecular formula is C13H19ClN2. The molecule has 0 saturated carbocycles. The van der Waals surface area contributed by atoms with Crippen LogP contribution in [0.25, 0.3) is 0 Å². The highest BCUT2D eigenvalue weighted by atomic mass is 35.5. The lowest BCUT2D eigenvalue weighted by atomic mass is 10.1. The zero-order chi connectivity index (χ0) is 11.4. The molecule has 16 heavy (non-hydrogen) atoms. The van der Waals surface area contributed by atoms with Crippen LogP contribution in [-0.2, 0) is 0 Å². The van der Waals surface area contributed by atoms with E-state index >= 15 is 0 Å². The highest BCUT2D eigenvalue weighted by molar-refractivity contribution is 6.31. The Bertz CT molecular complexity index is 334. The van der Waals surface area contributed by atoms with Gasteiger partial charge in [-0.2, -0.15) is 0 Å². The lowest BCUT2D eigenvalue weighted by Gasteiger charge is -2.30. The maximum Gasteiger partial charge on any atom is 0.0454 e. The van der Waals surface area contributed by atoms with Crippen molar-refractivity contribution < 1.29 is 0 Å². The van der Waals surface area contributed by atoms with Gasteiger partial charge >= 0.3 is 0 Å². The van der Waals surface area contributed by atoms with Crippen molar-refractivity contribution in [1.29, 1.82) is 0 Å². The fourth-order valence-electron chi connectivity index (χ4n) is 2.19. The molecule has 1 aromatic rings. The SMILES string of the molecule is CC(NN1CCCCC1)c1ccccc1Cl. The van der Waals surface area contributed by atoms with Crippen LogP contribution in [0.15, 0.2) is 24.3 Å². The molecule has 1 unspecified atom stereocenters. The van der Waals surface area contributed by atoms with Crippen LogP contribution in [0.5, 0.6) is 0 Å². The Hall–Kier alpha value is -0.570. The lowest BCUT2D eigenvalue weighted by Crippen LogP contribution is -2.42. The fraction of sp³-hybridized carbons (Fsp3) is 0.538. The van der Waals surface area contributed by atoms with E-state index in [1.807, 2.05) is 18.2 Å². The first-order valence-corrected chi connectivity index (χ1v) is 6.41. The summed E-state index contributed by atoms with van der Waals surface area (Å²) in [5.41, 5.74) is 4.70. The van der Waals surface area contributed by atoms with Gasteiger partial charge in [0, 0.05) is 24.2 Å². The minimum Gasteiger partial charge on any atom is -0.248 e. The zero-order valence-electron chi connectivity index (χ0n) is 9.75. The number of piperidine rings is 1. The highest BCUT2D eigenvalue weighted by Crippen LogP contribution is 2.22. The number of halogens is 1. The third-order valence-electron chi connectivity index (χ3n) is 3.10. The molecule has 0 amide bonds. The van der Waals surface area contributed by atoms with Gasteiger partial charge in [-0.15, -0.1) is 0 Å². The molecule has 88 valence electrons. The molecule has 1 fully saturated rings. The Balaban J connectivity index is 1.96. The molecule has 1 aliphatic rings. The molecule has 2 rings (SSSR count). The average molecular weight is 239 g/mol. The second-order valence-electron chi connectivity index (χ2n) is 4.42. The van der Waals surface area contributed by atoms with Crippen LogP contribution in [0.2, 0.25) is 5.02 Å². The molecule has 0 aromatic heterocycles. The minimum absolute atomic E-state index is 0.284. The molecular weight excluding hydrogens is 220 g/mol. The average Bonchev–Trinajstić information content (AvgIpc) is 2.31. The molecule has 1 N–H and O–H groups in total. The summed E-state index contributed by atoms with van der Waals surface area (Å²) < 4.78 is 0. The van der Waals surface area contributed by atoms with E-state index in [0.717, 1.165) is 18.1 Å². The summed E-state index contributed by atoms with van der Waals surface area (Å²) in [6.07, 6.45) is 3.95. The minimum atomic E-state index is 0.284. The fourth-order valence-corrected chi connectivity index (χ4v) is 2.49. The molecule has 3 heteroatoms. The normalized spacial score (nSPS) is 19.6. The van der Waals surface area contributed by atoms with Crippen LogP contribution in [0.3, 0.4) is 0 Å². The third kappa shape index (κ3) is 2.97. The first kappa shape index (κ1) is 11.9. The Morgan fingerprint density at radius 2 is 1.88 bits per heavy atom. The predicted molar refractivity (Wildman–Crippen MR) is 68.4 cm³/mol. The monoisotopic (exact) mass is 238 g/mol. The van der Waals surface area contributed by atoms with Gasteiger partial charge in [-0.25, -0.2) is 10.4 Å². The molecule has 0 radical (unpaired) electrons. The van der Waals surface area contributed by atoms with E-state index in [1.54, 1.807) is 0 Å². The van der Waals surface area contributed by atoms with Crippen LogP contribution in [0.1, 0.15) is 37.8 Å². The summed E-state index contributed by atoms with van der Waals surface area (Å²) in [7, 11) is 0. The summed E-state index contributed by atoms with van der Waals surface area (Å²) in [6.45, 7) is 4.46. The number of hydrogen-bond acceptors (Lipinski definition) is 2. The van der Waals surface area contributed by atoms with E-state index in [4.69, 9.17) is 11.6 Å². The molecule has 1 heterocycles. The van der Waals surface area contributed by atoms with Gasteiger partial charge in [0.05, 0.1) is 0 Å². The maximum absolute atomic E-state index is 6.18. The quantitative estimate of drug-likeness (QED) is 0.869.